The van der Waals surface area contributed by atoms with E-state index in [-0.39, 0.29) is 18.3 Å². The van der Waals surface area contributed by atoms with E-state index in [9.17, 15) is 9.90 Å². The molecule has 98 valence electrons. The van der Waals surface area contributed by atoms with Crippen LogP contribution in [0, 0.1) is 0 Å². The third-order valence-electron chi connectivity index (χ3n) is 3.22. The average Bonchev–Trinajstić information content (AvgIpc) is 2.80. The maximum atomic E-state index is 12.1. The predicted molar refractivity (Wildman–Crippen MR) is 68.5 cm³/mol. The van der Waals surface area contributed by atoms with Gasteiger partial charge in [0.25, 0.3) is 0 Å². The molecule has 5 heteroatoms. The number of carbonyl (C=O) groups excluding carboxylic acids is 1. The highest BCUT2D eigenvalue weighted by molar-refractivity contribution is 5.99. The molecule has 5 nitrogen and oxygen atoms in total. The largest absolute Gasteiger partial charge is 0.506 e. The quantitative estimate of drug-likeness (QED) is 0.699. The minimum Gasteiger partial charge on any atom is -0.506 e. The van der Waals surface area contributed by atoms with Gasteiger partial charge in [0.2, 0.25) is 5.91 Å². The number of hydrogen-bond donors (Lipinski definition) is 3. The van der Waals surface area contributed by atoms with E-state index < -0.39 is 5.54 Å². The van der Waals surface area contributed by atoms with E-state index in [1.54, 1.807) is 12.1 Å². The van der Waals surface area contributed by atoms with Gasteiger partial charge in [-0.1, -0.05) is 13.0 Å². The van der Waals surface area contributed by atoms with Crippen molar-refractivity contribution in [1.82, 2.24) is 0 Å². The third-order valence-corrected chi connectivity index (χ3v) is 3.22. The fourth-order valence-corrected chi connectivity index (χ4v) is 1.91. The Hall–Kier alpha value is -1.59. The van der Waals surface area contributed by atoms with Crippen LogP contribution in [0.15, 0.2) is 18.2 Å². The first-order valence-corrected chi connectivity index (χ1v) is 6.05. The highest BCUT2D eigenvalue weighted by Gasteiger charge is 2.38. The molecule has 1 unspecified atom stereocenters. The van der Waals surface area contributed by atoms with E-state index in [4.69, 9.17) is 10.5 Å². The first-order valence-electron chi connectivity index (χ1n) is 6.05. The molecule has 4 N–H and O–H groups in total. The molecule has 0 radical (unpaired) electrons. The van der Waals surface area contributed by atoms with Crippen molar-refractivity contribution in [2.45, 2.75) is 25.3 Å². The summed E-state index contributed by atoms with van der Waals surface area (Å²) in [6.45, 7) is 2.71. The van der Waals surface area contributed by atoms with Crippen molar-refractivity contribution < 1.29 is 14.6 Å². The molecule has 0 spiro atoms. The van der Waals surface area contributed by atoms with Gasteiger partial charge < -0.3 is 20.9 Å². The van der Waals surface area contributed by atoms with Crippen LogP contribution in [-0.4, -0.2) is 29.8 Å². The van der Waals surface area contributed by atoms with Crippen molar-refractivity contribution in [3.05, 3.63) is 23.8 Å². The van der Waals surface area contributed by atoms with Crippen LogP contribution >= 0.6 is 0 Å². The standard InChI is InChI=1S/C13H18N2O3/c1-2-9-3-4-11(16)10(7-9)15-12(17)13(14)5-6-18-8-13/h3-4,7,16H,2,5-6,8,14H2,1H3,(H,15,17). The summed E-state index contributed by atoms with van der Waals surface area (Å²) in [5.41, 5.74) is 6.40. The van der Waals surface area contributed by atoms with E-state index in [0.717, 1.165) is 12.0 Å². The van der Waals surface area contributed by atoms with Crippen LogP contribution in [0.3, 0.4) is 0 Å². The van der Waals surface area contributed by atoms with E-state index >= 15 is 0 Å². The fourth-order valence-electron chi connectivity index (χ4n) is 1.91. The molecular weight excluding hydrogens is 232 g/mol. The average molecular weight is 250 g/mol. The number of phenols is 1. The molecule has 1 heterocycles. The molecule has 0 aliphatic carbocycles. The number of benzene rings is 1. The summed E-state index contributed by atoms with van der Waals surface area (Å²) >= 11 is 0. The van der Waals surface area contributed by atoms with Crippen LogP contribution in [0.25, 0.3) is 0 Å². The molecule has 1 aromatic carbocycles. The van der Waals surface area contributed by atoms with E-state index in [1.165, 1.54) is 0 Å². The zero-order chi connectivity index (χ0) is 13.2. The normalized spacial score (nSPS) is 23.0. The van der Waals surface area contributed by atoms with Crippen molar-refractivity contribution in [2.24, 2.45) is 5.73 Å². The van der Waals surface area contributed by atoms with Crippen LogP contribution in [0.5, 0.6) is 5.75 Å². The summed E-state index contributed by atoms with van der Waals surface area (Å²) in [5, 5.41) is 12.4. The number of amides is 1. The summed E-state index contributed by atoms with van der Waals surface area (Å²) in [6.07, 6.45) is 1.33. The zero-order valence-electron chi connectivity index (χ0n) is 10.4. The molecule has 1 amide bonds. The van der Waals surface area contributed by atoms with Crippen LogP contribution in [0.2, 0.25) is 0 Å². The molecule has 2 rings (SSSR count). The van der Waals surface area contributed by atoms with Crippen LogP contribution < -0.4 is 11.1 Å². The smallest absolute Gasteiger partial charge is 0.247 e. The Balaban J connectivity index is 2.16. The molecule has 18 heavy (non-hydrogen) atoms. The van der Waals surface area contributed by atoms with Crippen molar-refractivity contribution in [3.63, 3.8) is 0 Å². The number of ether oxygens (including phenoxy) is 1. The third kappa shape index (κ3) is 2.47. The molecule has 0 aromatic heterocycles. The van der Waals surface area contributed by atoms with Gasteiger partial charge in [0.1, 0.15) is 11.3 Å². The lowest BCUT2D eigenvalue weighted by molar-refractivity contribution is -0.121. The number of anilines is 1. The summed E-state index contributed by atoms with van der Waals surface area (Å²) in [5.74, 6) is -0.272. The second-order valence-electron chi connectivity index (χ2n) is 4.62. The molecule has 1 saturated heterocycles. The lowest BCUT2D eigenvalue weighted by atomic mass is 9.99. The molecule has 1 aliphatic heterocycles. The summed E-state index contributed by atoms with van der Waals surface area (Å²) in [6, 6.07) is 5.15. The Bertz CT molecular complexity index is 454. The van der Waals surface area contributed by atoms with Crippen molar-refractivity contribution >= 4 is 11.6 Å². The Kier molecular flexibility index (Phi) is 3.54. The Labute approximate surface area is 106 Å². The molecule has 0 bridgehead atoms. The lowest BCUT2D eigenvalue weighted by Crippen LogP contribution is -2.51. The number of aromatic hydroxyl groups is 1. The minimum absolute atomic E-state index is 0.0445. The summed E-state index contributed by atoms with van der Waals surface area (Å²) in [4.78, 5) is 12.1. The fraction of sp³-hybridized carbons (Fsp3) is 0.462. The van der Waals surface area contributed by atoms with Crippen LogP contribution in [0.1, 0.15) is 18.9 Å². The maximum Gasteiger partial charge on any atom is 0.247 e. The Morgan fingerprint density at radius 2 is 2.39 bits per heavy atom. The van der Waals surface area contributed by atoms with Crippen molar-refractivity contribution in [1.29, 1.82) is 0 Å². The van der Waals surface area contributed by atoms with Gasteiger partial charge in [0.15, 0.2) is 0 Å². The predicted octanol–water partition coefficient (Wildman–Crippen LogP) is 1.01. The highest BCUT2D eigenvalue weighted by Crippen LogP contribution is 2.26. The van der Waals surface area contributed by atoms with Gasteiger partial charge in [0, 0.05) is 6.61 Å². The Morgan fingerprint density at radius 3 is 3.00 bits per heavy atom. The minimum atomic E-state index is -0.991. The lowest BCUT2D eigenvalue weighted by Gasteiger charge is -2.21. The second kappa shape index (κ2) is 4.96. The van der Waals surface area contributed by atoms with Gasteiger partial charge >= 0.3 is 0 Å². The SMILES string of the molecule is CCc1ccc(O)c(NC(=O)C2(N)CCOC2)c1. The highest BCUT2D eigenvalue weighted by atomic mass is 16.5. The molecule has 1 atom stereocenters. The van der Waals surface area contributed by atoms with E-state index in [0.29, 0.717) is 18.7 Å². The second-order valence-corrected chi connectivity index (χ2v) is 4.62. The zero-order valence-corrected chi connectivity index (χ0v) is 10.4. The number of phenolic OH excluding ortho intramolecular Hbond substituents is 1. The van der Waals surface area contributed by atoms with Crippen LogP contribution in [-0.2, 0) is 16.0 Å². The number of nitrogens with two attached hydrogens (primary N) is 1. The molecular formula is C13H18N2O3. The first kappa shape index (κ1) is 12.9. The summed E-state index contributed by atoms with van der Waals surface area (Å²) in [7, 11) is 0. The number of hydrogen-bond acceptors (Lipinski definition) is 4. The summed E-state index contributed by atoms with van der Waals surface area (Å²) < 4.78 is 5.15. The van der Waals surface area contributed by atoms with Gasteiger partial charge in [-0.05, 0) is 30.5 Å². The van der Waals surface area contributed by atoms with Crippen molar-refractivity contribution in [2.75, 3.05) is 18.5 Å². The van der Waals surface area contributed by atoms with Crippen LogP contribution in [0.4, 0.5) is 5.69 Å². The molecule has 0 saturated carbocycles. The molecule has 1 aliphatic rings. The van der Waals surface area contributed by atoms with Gasteiger partial charge in [-0.15, -0.1) is 0 Å². The van der Waals surface area contributed by atoms with E-state index in [1.807, 2.05) is 13.0 Å². The van der Waals surface area contributed by atoms with E-state index in [2.05, 4.69) is 5.32 Å². The van der Waals surface area contributed by atoms with Crippen molar-refractivity contribution in [3.8, 4) is 5.75 Å². The number of rotatable bonds is 3. The Morgan fingerprint density at radius 1 is 1.61 bits per heavy atom. The molecule has 1 fully saturated rings. The van der Waals surface area contributed by atoms with Gasteiger partial charge in [-0.2, -0.15) is 0 Å². The topological polar surface area (TPSA) is 84.6 Å². The maximum absolute atomic E-state index is 12.1. The molecule has 1 aromatic rings. The first-order chi connectivity index (χ1) is 8.55. The number of carbonyl (C=O) groups is 1. The van der Waals surface area contributed by atoms with Gasteiger partial charge in [-0.3, -0.25) is 4.79 Å². The van der Waals surface area contributed by atoms with Gasteiger partial charge in [-0.25, -0.2) is 0 Å². The monoisotopic (exact) mass is 250 g/mol. The number of aryl methyl sites for hydroxylation is 1. The number of nitrogens with one attached hydrogen (secondary N) is 1. The van der Waals surface area contributed by atoms with Gasteiger partial charge in [0.05, 0.1) is 12.3 Å².